The van der Waals surface area contributed by atoms with E-state index in [1.54, 1.807) is 0 Å². The highest BCUT2D eigenvalue weighted by atomic mass is 16.5. The molecule has 9 nitrogen and oxygen atoms in total. The maximum Gasteiger partial charge on any atom is 0.328 e. The molecule has 2 fully saturated rings. The van der Waals surface area contributed by atoms with E-state index in [4.69, 9.17) is 20.7 Å². The van der Waals surface area contributed by atoms with Crippen molar-refractivity contribution < 1.29 is 29.3 Å². The van der Waals surface area contributed by atoms with E-state index in [1.165, 1.54) is 4.90 Å². The molecular weight excluding hydrogens is 294 g/mol. The number of nitrogens with zero attached hydrogens (tertiary/aromatic N) is 2. The minimum atomic E-state index is -1.17. The molecule has 9 heteroatoms. The fourth-order valence-electron chi connectivity index (χ4n) is 2.64. The van der Waals surface area contributed by atoms with Crippen LogP contribution in [-0.2, 0) is 14.3 Å². The Morgan fingerprint density at radius 1 is 1.41 bits per heavy atom. The number of aliphatic carboxylic acids is 1. The zero-order chi connectivity index (χ0) is 16.3. The van der Waals surface area contributed by atoms with Crippen LogP contribution < -0.4 is 5.73 Å². The minimum absolute atomic E-state index is 0.00540. The van der Waals surface area contributed by atoms with Crippen molar-refractivity contribution in [2.75, 3.05) is 19.7 Å². The van der Waals surface area contributed by atoms with Crippen LogP contribution in [0.4, 0.5) is 4.79 Å². The third-order valence-corrected chi connectivity index (χ3v) is 3.96. The van der Waals surface area contributed by atoms with Gasteiger partial charge >= 0.3 is 12.0 Å². The highest BCUT2D eigenvalue weighted by molar-refractivity contribution is 5.97. The number of aliphatic hydroxyl groups is 1. The first kappa shape index (κ1) is 16.7. The van der Waals surface area contributed by atoms with E-state index in [2.05, 4.69) is 0 Å². The molecule has 0 bridgehead atoms. The van der Waals surface area contributed by atoms with Crippen molar-refractivity contribution in [3.63, 3.8) is 0 Å². The number of rotatable bonds is 6. The van der Waals surface area contributed by atoms with Crippen molar-refractivity contribution in [3.05, 3.63) is 0 Å². The molecule has 2 heterocycles. The number of nitrogens with two attached hydrogens (primary N) is 1. The van der Waals surface area contributed by atoms with Gasteiger partial charge in [0.25, 0.3) is 0 Å². The second-order valence-corrected chi connectivity index (χ2v) is 5.48. The topological polar surface area (TPSA) is 133 Å². The maximum absolute atomic E-state index is 12.4. The molecule has 3 atom stereocenters. The molecule has 0 aliphatic carbocycles. The summed E-state index contributed by atoms with van der Waals surface area (Å²) in [7, 11) is 0. The summed E-state index contributed by atoms with van der Waals surface area (Å²) >= 11 is 0. The smallest absolute Gasteiger partial charge is 0.328 e. The van der Waals surface area contributed by atoms with Crippen LogP contribution in [0.1, 0.15) is 25.7 Å². The van der Waals surface area contributed by atoms with Gasteiger partial charge in [0.2, 0.25) is 5.91 Å². The van der Waals surface area contributed by atoms with E-state index < -0.39 is 24.3 Å². The van der Waals surface area contributed by atoms with Gasteiger partial charge in [-0.25, -0.2) is 4.79 Å². The number of hydrogen-bond donors (Lipinski definition) is 3. The summed E-state index contributed by atoms with van der Waals surface area (Å²) in [5, 5.41) is 17.8. The predicted molar refractivity (Wildman–Crippen MR) is 73.6 cm³/mol. The van der Waals surface area contributed by atoms with E-state index >= 15 is 0 Å². The fourth-order valence-corrected chi connectivity index (χ4v) is 2.64. The number of imide groups is 1. The average molecular weight is 315 g/mol. The van der Waals surface area contributed by atoms with E-state index in [1.807, 2.05) is 0 Å². The van der Waals surface area contributed by atoms with Gasteiger partial charge in [-0.3, -0.25) is 19.4 Å². The highest BCUT2D eigenvalue weighted by Crippen LogP contribution is 2.25. The van der Waals surface area contributed by atoms with Crippen molar-refractivity contribution in [3.8, 4) is 0 Å². The van der Waals surface area contributed by atoms with Crippen LogP contribution in [0.15, 0.2) is 0 Å². The van der Waals surface area contributed by atoms with Gasteiger partial charge in [0, 0.05) is 19.5 Å². The van der Waals surface area contributed by atoms with Crippen LogP contribution in [0.3, 0.4) is 0 Å². The highest BCUT2D eigenvalue weighted by Gasteiger charge is 2.39. The van der Waals surface area contributed by atoms with Gasteiger partial charge in [-0.15, -0.1) is 0 Å². The Balaban J connectivity index is 1.96. The second kappa shape index (κ2) is 7.03. The van der Waals surface area contributed by atoms with Crippen molar-refractivity contribution in [1.82, 2.24) is 9.80 Å². The average Bonchev–Trinajstić information content (AvgIpc) is 2.95. The monoisotopic (exact) mass is 315 g/mol. The van der Waals surface area contributed by atoms with Gasteiger partial charge < -0.3 is 20.7 Å². The molecule has 0 aromatic heterocycles. The molecule has 0 radical (unpaired) electrons. The summed E-state index contributed by atoms with van der Waals surface area (Å²) in [5.74, 6) is -1.51. The summed E-state index contributed by atoms with van der Waals surface area (Å²) in [6.07, 6.45) is 0.692. The zero-order valence-electron chi connectivity index (χ0n) is 12.2. The van der Waals surface area contributed by atoms with Gasteiger partial charge in [-0.1, -0.05) is 0 Å². The van der Waals surface area contributed by atoms with E-state index in [-0.39, 0.29) is 44.5 Å². The summed E-state index contributed by atoms with van der Waals surface area (Å²) in [6, 6.07) is -1.60. The number of ether oxygens (including phenoxy) is 1. The number of amides is 3. The molecule has 124 valence electrons. The summed E-state index contributed by atoms with van der Waals surface area (Å²) in [6.45, 7) is 0.133. The predicted octanol–water partition coefficient (Wildman–Crippen LogP) is -1.06. The number of carboxylic acids is 1. The van der Waals surface area contributed by atoms with Crippen LogP contribution in [0.2, 0.25) is 0 Å². The molecule has 0 aromatic carbocycles. The Morgan fingerprint density at radius 2 is 2.14 bits per heavy atom. The van der Waals surface area contributed by atoms with Gasteiger partial charge in [0.05, 0.1) is 12.7 Å². The largest absolute Gasteiger partial charge is 0.480 e. The first-order valence-electron chi connectivity index (χ1n) is 7.29. The van der Waals surface area contributed by atoms with E-state index in [0.29, 0.717) is 12.8 Å². The Morgan fingerprint density at radius 3 is 2.73 bits per heavy atom. The minimum Gasteiger partial charge on any atom is -0.480 e. The Kier molecular flexibility index (Phi) is 5.33. The molecule has 3 unspecified atom stereocenters. The first-order valence-corrected chi connectivity index (χ1v) is 7.29. The number of carbonyl (C=O) groups excluding carboxylic acids is 2. The first-order chi connectivity index (χ1) is 10.4. The lowest BCUT2D eigenvalue weighted by Gasteiger charge is -2.37. The molecule has 3 amide bonds. The van der Waals surface area contributed by atoms with Crippen molar-refractivity contribution >= 4 is 17.9 Å². The molecule has 2 saturated heterocycles. The summed E-state index contributed by atoms with van der Waals surface area (Å²) in [5.41, 5.74) is 5.40. The molecule has 2 aliphatic heterocycles. The van der Waals surface area contributed by atoms with Gasteiger partial charge in [0.1, 0.15) is 12.3 Å². The molecule has 4 N–H and O–H groups in total. The van der Waals surface area contributed by atoms with Crippen LogP contribution >= 0.6 is 0 Å². The van der Waals surface area contributed by atoms with E-state index in [0.717, 1.165) is 4.90 Å². The molecule has 0 spiro atoms. The third kappa shape index (κ3) is 3.54. The van der Waals surface area contributed by atoms with Crippen LogP contribution in [-0.4, -0.2) is 76.0 Å². The van der Waals surface area contributed by atoms with Gasteiger partial charge in [-0.05, 0) is 19.3 Å². The summed E-state index contributed by atoms with van der Waals surface area (Å²) in [4.78, 5) is 37.5. The van der Waals surface area contributed by atoms with Crippen molar-refractivity contribution in [2.45, 2.75) is 44.1 Å². The lowest BCUT2D eigenvalue weighted by atomic mass is 10.1. The molecule has 0 aromatic rings. The number of carboxylic acid groups (broad SMARTS) is 1. The molecule has 22 heavy (non-hydrogen) atoms. The van der Waals surface area contributed by atoms with E-state index in [9.17, 15) is 14.4 Å². The van der Waals surface area contributed by atoms with Crippen molar-refractivity contribution in [1.29, 1.82) is 0 Å². The van der Waals surface area contributed by atoms with Crippen molar-refractivity contribution in [2.24, 2.45) is 5.73 Å². The third-order valence-electron chi connectivity index (χ3n) is 3.96. The number of aliphatic hydroxyl groups excluding tert-OH is 1. The van der Waals surface area contributed by atoms with Crippen LogP contribution in [0.5, 0.6) is 0 Å². The number of hydrogen-bond acceptors (Lipinski definition) is 6. The Hall–Kier alpha value is -1.71. The van der Waals surface area contributed by atoms with Crippen LogP contribution in [0.25, 0.3) is 0 Å². The Labute approximate surface area is 127 Å². The SMILES string of the molecule is NC(CCN1C(=O)CCN(C2CCC(CO)O2)C1=O)C(=O)O. The van der Waals surface area contributed by atoms with Crippen LogP contribution in [0, 0.1) is 0 Å². The molecule has 2 rings (SSSR count). The fraction of sp³-hybridized carbons (Fsp3) is 0.769. The molecule has 0 saturated carbocycles. The maximum atomic E-state index is 12.4. The molecule has 2 aliphatic rings. The van der Waals surface area contributed by atoms with Gasteiger partial charge in [0.15, 0.2) is 0 Å². The number of carbonyl (C=O) groups is 3. The quantitative estimate of drug-likeness (QED) is 0.569. The Bertz CT molecular complexity index is 457. The summed E-state index contributed by atoms with van der Waals surface area (Å²) < 4.78 is 5.57. The normalized spacial score (nSPS) is 27.4. The van der Waals surface area contributed by atoms with Gasteiger partial charge in [-0.2, -0.15) is 0 Å². The number of urea groups is 1. The lowest BCUT2D eigenvalue weighted by molar-refractivity contribution is -0.140. The zero-order valence-corrected chi connectivity index (χ0v) is 12.2. The lowest BCUT2D eigenvalue weighted by Crippen LogP contribution is -2.56. The standard InChI is InChI=1S/C13H21N3O6/c14-9(12(19)20)3-5-15-10(18)4-6-16(13(15)21)11-2-1-8(7-17)22-11/h8-9,11,17H,1-7,14H2,(H,19,20). The second-order valence-electron chi connectivity index (χ2n) is 5.48. The molecular formula is C13H21N3O6.